The molecule has 1 fully saturated rings. The highest BCUT2D eigenvalue weighted by molar-refractivity contribution is 7.80. The van der Waals surface area contributed by atoms with E-state index in [4.69, 9.17) is 18.0 Å². The molecule has 1 saturated heterocycles. The fraction of sp³-hybridized carbons (Fsp3) is 0.875. The minimum Gasteiger partial charge on any atom is -0.392 e. The third kappa shape index (κ3) is 3.05. The van der Waals surface area contributed by atoms with Crippen molar-refractivity contribution in [2.45, 2.75) is 19.4 Å². The van der Waals surface area contributed by atoms with E-state index in [1.54, 1.807) is 0 Å². The van der Waals surface area contributed by atoms with E-state index in [1.807, 2.05) is 0 Å². The lowest BCUT2D eigenvalue weighted by atomic mass is 9.98. The standard InChI is InChI=1S/C8H16N2OS/c1-6-2-7(11)4-10(3-6)5-8(9)12/h6-7,11H,2-5H2,1H3,(H2,9,12). The Morgan fingerprint density at radius 3 is 2.83 bits per heavy atom. The number of β-amino-alcohol motifs (C(OH)–C–C–N with tert-alkyl or cyclic N) is 1. The van der Waals surface area contributed by atoms with Crippen molar-refractivity contribution in [3.05, 3.63) is 0 Å². The molecule has 1 aliphatic heterocycles. The smallest absolute Gasteiger partial charge is 0.0870 e. The Bertz CT molecular complexity index is 164. The van der Waals surface area contributed by atoms with Crippen LogP contribution in [0.2, 0.25) is 0 Å². The zero-order valence-electron chi connectivity index (χ0n) is 7.36. The van der Waals surface area contributed by atoms with E-state index in [0.29, 0.717) is 24.0 Å². The molecule has 70 valence electrons. The number of aliphatic hydroxyl groups excluding tert-OH is 1. The molecule has 3 N–H and O–H groups in total. The number of hydrogen-bond acceptors (Lipinski definition) is 3. The summed E-state index contributed by atoms with van der Waals surface area (Å²) in [5.74, 6) is 0.545. The van der Waals surface area contributed by atoms with Gasteiger partial charge in [-0.2, -0.15) is 0 Å². The maximum atomic E-state index is 9.44. The largest absolute Gasteiger partial charge is 0.392 e. The van der Waals surface area contributed by atoms with Crippen molar-refractivity contribution in [1.82, 2.24) is 4.90 Å². The van der Waals surface area contributed by atoms with E-state index < -0.39 is 0 Å². The number of likely N-dealkylation sites (tertiary alicyclic amines) is 1. The molecule has 0 aromatic heterocycles. The molecule has 1 heterocycles. The van der Waals surface area contributed by atoms with Gasteiger partial charge in [-0.15, -0.1) is 0 Å². The molecule has 2 unspecified atom stereocenters. The molecule has 0 aromatic carbocycles. The van der Waals surface area contributed by atoms with Crippen molar-refractivity contribution in [3.8, 4) is 0 Å². The molecule has 1 rings (SSSR count). The van der Waals surface area contributed by atoms with Gasteiger partial charge in [0.2, 0.25) is 0 Å². The first kappa shape index (κ1) is 9.89. The molecule has 1 aliphatic rings. The van der Waals surface area contributed by atoms with E-state index in [9.17, 15) is 5.11 Å². The average Bonchev–Trinajstić information content (AvgIpc) is 1.81. The zero-order valence-corrected chi connectivity index (χ0v) is 8.18. The van der Waals surface area contributed by atoms with E-state index in [2.05, 4.69) is 11.8 Å². The maximum Gasteiger partial charge on any atom is 0.0870 e. The fourth-order valence-corrected chi connectivity index (χ4v) is 1.96. The highest BCUT2D eigenvalue weighted by atomic mass is 32.1. The third-order valence-electron chi connectivity index (χ3n) is 2.09. The Labute approximate surface area is 78.5 Å². The average molecular weight is 188 g/mol. The number of nitrogens with two attached hydrogens (primary N) is 1. The van der Waals surface area contributed by atoms with E-state index in [1.165, 1.54) is 0 Å². The quantitative estimate of drug-likeness (QED) is 0.598. The van der Waals surface area contributed by atoms with Crippen LogP contribution < -0.4 is 5.73 Å². The van der Waals surface area contributed by atoms with Crippen molar-refractivity contribution in [2.75, 3.05) is 19.6 Å². The van der Waals surface area contributed by atoms with Gasteiger partial charge in [0, 0.05) is 19.6 Å². The number of nitrogens with zero attached hydrogens (tertiary/aromatic N) is 1. The van der Waals surface area contributed by atoms with Crippen LogP contribution in [-0.4, -0.2) is 40.7 Å². The second-order valence-electron chi connectivity index (χ2n) is 3.66. The Morgan fingerprint density at radius 2 is 2.33 bits per heavy atom. The number of piperidine rings is 1. The normalized spacial score (nSPS) is 31.8. The Kier molecular flexibility index (Phi) is 3.43. The van der Waals surface area contributed by atoms with Crippen LogP contribution in [0.4, 0.5) is 0 Å². The highest BCUT2D eigenvalue weighted by Gasteiger charge is 2.22. The lowest BCUT2D eigenvalue weighted by Crippen LogP contribution is -2.45. The van der Waals surface area contributed by atoms with Crippen LogP contribution in [0.1, 0.15) is 13.3 Å². The van der Waals surface area contributed by atoms with Gasteiger partial charge < -0.3 is 10.8 Å². The Morgan fingerprint density at radius 1 is 1.67 bits per heavy atom. The summed E-state index contributed by atoms with van der Waals surface area (Å²) in [4.78, 5) is 2.62. The van der Waals surface area contributed by atoms with Crippen LogP contribution in [0.15, 0.2) is 0 Å². The summed E-state index contributed by atoms with van der Waals surface area (Å²) in [5.41, 5.74) is 5.42. The molecule has 12 heavy (non-hydrogen) atoms. The molecule has 0 aliphatic carbocycles. The third-order valence-corrected chi connectivity index (χ3v) is 2.22. The van der Waals surface area contributed by atoms with Gasteiger partial charge in [0.05, 0.1) is 11.1 Å². The Hall–Kier alpha value is -0.190. The van der Waals surface area contributed by atoms with Gasteiger partial charge in [-0.1, -0.05) is 19.1 Å². The van der Waals surface area contributed by atoms with Crippen LogP contribution >= 0.6 is 12.2 Å². The highest BCUT2D eigenvalue weighted by Crippen LogP contribution is 2.15. The van der Waals surface area contributed by atoms with Crippen LogP contribution in [0, 0.1) is 5.92 Å². The molecule has 0 bridgehead atoms. The van der Waals surface area contributed by atoms with Crippen molar-refractivity contribution >= 4 is 17.2 Å². The molecule has 0 saturated carbocycles. The predicted molar refractivity (Wildman–Crippen MR) is 53.0 cm³/mol. The SMILES string of the molecule is CC1CC(O)CN(CC(N)=S)C1. The first-order valence-electron chi connectivity index (χ1n) is 4.26. The summed E-state index contributed by atoms with van der Waals surface area (Å²) >= 11 is 4.81. The summed E-state index contributed by atoms with van der Waals surface area (Å²) in [5, 5.41) is 9.44. The van der Waals surface area contributed by atoms with E-state index >= 15 is 0 Å². The van der Waals surface area contributed by atoms with Gasteiger partial charge in [-0.05, 0) is 12.3 Å². The van der Waals surface area contributed by atoms with Crippen LogP contribution in [0.25, 0.3) is 0 Å². The molecule has 0 aromatic rings. The van der Waals surface area contributed by atoms with Gasteiger partial charge in [-0.3, -0.25) is 4.90 Å². The summed E-state index contributed by atoms with van der Waals surface area (Å²) in [6.07, 6.45) is 0.691. The zero-order chi connectivity index (χ0) is 9.14. The van der Waals surface area contributed by atoms with Gasteiger partial charge in [-0.25, -0.2) is 0 Å². The lowest BCUT2D eigenvalue weighted by molar-refractivity contribution is 0.0529. The molecule has 0 amide bonds. The van der Waals surface area contributed by atoms with Gasteiger partial charge in [0.25, 0.3) is 0 Å². The molecule has 2 atom stereocenters. The van der Waals surface area contributed by atoms with Crippen molar-refractivity contribution in [1.29, 1.82) is 0 Å². The first-order valence-corrected chi connectivity index (χ1v) is 4.67. The van der Waals surface area contributed by atoms with Crippen molar-refractivity contribution in [2.24, 2.45) is 11.7 Å². The van der Waals surface area contributed by atoms with E-state index in [-0.39, 0.29) is 6.10 Å². The first-order chi connectivity index (χ1) is 5.58. The van der Waals surface area contributed by atoms with Crippen molar-refractivity contribution in [3.63, 3.8) is 0 Å². The van der Waals surface area contributed by atoms with Gasteiger partial charge >= 0.3 is 0 Å². The summed E-state index contributed by atoms with van der Waals surface area (Å²) < 4.78 is 0. The molecular weight excluding hydrogens is 172 g/mol. The van der Waals surface area contributed by atoms with Crippen molar-refractivity contribution < 1.29 is 5.11 Å². The number of hydrogen-bond donors (Lipinski definition) is 2. The second kappa shape index (κ2) is 4.16. The summed E-state index contributed by atoms with van der Waals surface area (Å²) in [6.45, 7) is 4.47. The number of aliphatic hydroxyl groups is 1. The van der Waals surface area contributed by atoms with Crippen LogP contribution in [0.3, 0.4) is 0 Å². The lowest BCUT2D eigenvalue weighted by Gasteiger charge is -2.33. The molecular formula is C8H16N2OS. The predicted octanol–water partition coefficient (Wildman–Crippen LogP) is -0.0248. The maximum absolute atomic E-state index is 9.44. The topological polar surface area (TPSA) is 49.5 Å². The second-order valence-corrected chi connectivity index (χ2v) is 4.18. The molecule has 4 heteroatoms. The number of thiocarbonyl (C=S) groups is 1. The molecule has 0 radical (unpaired) electrons. The molecule has 3 nitrogen and oxygen atoms in total. The van der Waals surface area contributed by atoms with Gasteiger partial charge in [0.1, 0.15) is 0 Å². The summed E-state index contributed by atoms with van der Waals surface area (Å²) in [6, 6.07) is 0. The van der Waals surface area contributed by atoms with Crippen LogP contribution in [0.5, 0.6) is 0 Å². The number of rotatable bonds is 2. The Balaban J connectivity index is 2.38. The minimum absolute atomic E-state index is 0.205. The fourth-order valence-electron chi connectivity index (χ4n) is 1.78. The van der Waals surface area contributed by atoms with Crippen LogP contribution in [-0.2, 0) is 0 Å². The summed E-state index contributed by atoms with van der Waals surface area (Å²) in [7, 11) is 0. The monoisotopic (exact) mass is 188 g/mol. The van der Waals surface area contributed by atoms with Gasteiger partial charge in [0.15, 0.2) is 0 Å². The minimum atomic E-state index is -0.205. The molecule has 0 spiro atoms. The van der Waals surface area contributed by atoms with E-state index in [0.717, 1.165) is 13.0 Å².